The number of urea groups is 1. The molecule has 12 heteroatoms. The van der Waals surface area contributed by atoms with E-state index >= 15 is 0 Å². The fourth-order valence-electron chi connectivity index (χ4n) is 4.12. The lowest BCUT2D eigenvalue weighted by Gasteiger charge is -2.46. The van der Waals surface area contributed by atoms with Gasteiger partial charge in [0.25, 0.3) is 0 Å². The van der Waals surface area contributed by atoms with E-state index in [4.69, 9.17) is 16.2 Å². The molecule has 0 spiro atoms. The normalized spacial score (nSPS) is 21.5. The van der Waals surface area contributed by atoms with Gasteiger partial charge in [0.2, 0.25) is 5.91 Å². The van der Waals surface area contributed by atoms with E-state index in [9.17, 15) is 24.3 Å². The van der Waals surface area contributed by atoms with Crippen molar-refractivity contribution < 1.29 is 29.0 Å². The number of aliphatic carboxylic acids is 1. The molecule has 0 radical (unpaired) electrons. The van der Waals surface area contributed by atoms with Crippen molar-refractivity contribution in [3.8, 4) is 0 Å². The molecule has 2 heterocycles. The van der Waals surface area contributed by atoms with Crippen molar-refractivity contribution in [1.82, 2.24) is 14.7 Å². The Morgan fingerprint density at radius 2 is 1.76 bits per heavy atom. The summed E-state index contributed by atoms with van der Waals surface area (Å²) in [6, 6.07) is -1.86. The van der Waals surface area contributed by atoms with Crippen LogP contribution in [0.4, 0.5) is 9.59 Å². The maximum atomic E-state index is 12.9. The minimum absolute atomic E-state index is 0.0744. The molecule has 33 heavy (non-hydrogen) atoms. The Bertz CT molecular complexity index is 760. The van der Waals surface area contributed by atoms with Crippen LogP contribution in [0.2, 0.25) is 0 Å². The fourth-order valence-corrected chi connectivity index (χ4v) is 4.12. The molecule has 2 aliphatic heterocycles. The quantitative estimate of drug-likeness (QED) is 0.191. The third kappa shape index (κ3) is 6.72. The van der Waals surface area contributed by atoms with E-state index in [2.05, 4.69) is 18.8 Å². The topological polar surface area (TPSA) is 172 Å². The summed E-state index contributed by atoms with van der Waals surface area (Å²) in [4.78, 5) is 57.2. The smallest absolute Gasteiger partial charge is 0.410 e. The van der Waals surface area contributed by atoms with Crippen LogP contribution in [0.25, 0.3) is 0 Å². The van der Waals surface area contributed by atoms with Crippen LogP contribution < -0.4 is 11.5 Å². The number of hydrogen-bond donors (Lipinski definition) is 3. The third-order valence-corrected chi connectivity index (χ3v) is 5.91. The number of amides is 4. The first kappa shape index (κ1) is 26.2. The molecule has 0 saturated carbocycles. The zero-order valence-corrected chi connectivity index (χ0v) is 19.6. The Labute approximate surface area is 193 Å². The van der Waals surface area contributed by atoms with Gasteiger partial charge in [-0.05, 0) is 31.6 Å². The van der Waals surface area contributed by atoms with Crippen LogP contribution in [0.5, 0.6) is 0 Å². The Morgan fingerprint density at radius 3 is 2.27 bits per heavy atom. The molecule has 0 aliphatic carbocycles. The summed E-state index contributed by atoms with van der Waals surface area (Å²) in [7, 11) is 0. The molecule has 186 valence electrons. The Balaban J connectivity index is 1.89. The summed E-state index contributed by atoms with van der Waals surface area (Å²) in [6.45, 7) is 7.28. The molecular formula is C21H36N6O6. The highest BCUT2D eigenvalue weighted by molar-refractivity contribution is 6.07. The molecule has 12 nitrogen and oxygen atoms in total. The standard InChI is InChI=1S/C21H36N6O6/c1-4-14(12-13(2)3)33-21(32)26-10-8-25(9-11-26)20(31)27-16(18(29)30)15(17(27)28)6-5-7-24-19(22)23/h13-16H,4-12H2,1-3H3,(H,29,30)(H4,22,23,24)/t14?,15-,16?/m1/s1. The number of ether oxygens (including phenoxy) is 1. The summed E-state index contributed by atoms with van der Waals surface area (Å²) in [5.74, 6) is -2.20. The number of carboxylic acids is 1. The van der Waals surface area contributed by atoms with E-state index in [-0.39, 0.29) is 51.2 Å². The van der Waals surface area contributed by atoms with Gasteiger partial charge in [0.15, 0.2) is 12.0 Å². The van der Waals surface area contributed by atoms with Crippen molar-refractivity contribution >= 4 is 30.0 Å². The number of β-lactam (4-membered cyclic amide) rings is 1. The van der Waals surface area contributed by atoms with Crippen LogP contribution in [0, 0.1) is 11.8 Å². The van der Waals surface area contributed by atoms with Crippen molar-refractivity contribution in [1.29, 1.82) is 0 Å². The number of aliphatic imine (C=N–C) groups is 1. The second kappa shape index (κ2) is 11.7. The predicted molar refractivity (Wildman–Crippen MR) is 120 cm³/mol. The maximum absolute atomic E-state index is 12.9. The predicted octanol–water partition coefficient (Wildman–Crippen LogP) is 0.651. The number of imide groups is 1. The van der Waals surface area contributed by atoms with Crippen molar-refractivity contribution in [3.05, 3.63) is 0 Å². The van der Waals surface area contributed by atoms with Gasteiger partial charge >= 0.3 is 18.1 Å². The molecule has 2 fully saturated rings. The molecule has 4 amide bonds. The summed E-state index contributed by atoms with van der Waals surface area (Å²) < 4.78 is 5.58. The lowest BCUT2D eigenvalue weighted by atomic mass is 9.84. The Kier molecular flexibility index (Phi) is 9.30. The molecule has 0 aromatic rings. The molecule has 0 aromatic carbocycles. The second-order valence-electron chi connectivity index (χ2n) is 8.85. The van der Waals surface area contributed by atoms with Crippen LogP contribution >= 0.6 is 0 Å². The summed E-state index contributed by atoms with van der Waals surface area (Å²) in [6.07, 6.45) is 1.63. The second-order valence-corrected chi connectivity index (χ2v) is 8.85. The zero-order valence-electron chi connectivity index (χ0n) is 19.6. The van der Waals surface area contributed by atoms with Gasteiger partial charge in [0.05, 0.1) is 5.92 Å². The zero-order chi connectivity index (χ0) is 24.7. The highest BCUT2D eigenvalue weighted by Crippen LogP contribution is 2.32. The van der Waals surface area contributed by atoms with Crippen molar-refractivity contribution in [2.75, 3.05) is 32.7 Å². The minimum atomic E-state index is -1.23. The first-order chi connectivity index (χ1) is 15.6. The number of nitrogens with two attached hydrogens (primary N) is 2. The maximum Gasteiger partial charge on any atom is 0.410 e. The van der Waals surface area contributed by atoms with Crippen LogP contribution in [-0.2, 0) is 14.3 Å². The summed E-state index contributed by atoms with van der Waals surface area (Å²) >= 11 is 0. The van der Waals surface area contributed by atoms with Crippen LogP contribution in [0.15, 0.2) is 4.99 Å². The first-order valence-corrected chi connectivity index (χ1v) is 11.4. The van der Waals surface area contributed by atoms with E-state index in [0.717, 1.165) is 17.7 Å². The van der Waals surface area contributed by atoms with Gasteiger partial charge in [-0.25, -0.2) is 19.3 Å². The number of carboxylic acid groups (broad SMARTS) is 1. The molecule has 2 rings (SSSR count). The number of likely N-dealkylation sites (tertiary alicyclic amines) is 1. The average Bonchev–Trinajstić information content (AvgIpc) is 2.75. The van der Waals surface area contributed by atoms with Gasteiger partial charge < -0.3 is 31.1 Å². The molecule has 2 aliphatic rings. The van der Waals surface area contributed by atoms with E-state index in [1.54, 1.807) is 0 Å². The van der Waals surface area contributed by atoms with Crippen LogP contribution in [-0.4, -0.2) is 94.6 Å². The van der Waals surface area contributed by atoms with Gasteiger partial charge in [0.1, 0.15) is 6.10 Å². The van der Waals surface area contributed by atoms with Gasteiger partial charge in [-0.3, -0.25) is 9.79 Å². The van der Waals surface area contributed by atoms with Gasteiger partial charge in [0, 0.05) is 32.7 Å². The number of piperazine rings is 1. The number of guanidine groups is 1. The number of hydrogen-bond acceptors (Lipinski definition) is 6. The lowest BCUT2D eigenvalue weighted by Crippen LogP contribution is -2.69. The Morgan fingerprint density at radius 1 is 1.15 bits per heavy atom. The number of rotatable bonds is 9. The number of carbonyl (C=O) groups is 4. The van der Waals surface area contributed by atoms with E-state index in [0.29, 0.717) is 12.3 Å². The molecule has 3 atom stereocenters. The SMILES string of the molecule is CCC(CC(C)C)OC(=O)N1CCN(C(=O)N2C(=O)[C@H](CCCN=C(N)N)C2C(=O)O)CC1. The number of nitrogens with zero attached hydrogens (tertiary/aromatic N) is 4. The minimum Gasteiger partial charge on any atom is -0.480 e. The fraction of sp³-hybridized carbons (Fsp3) is 0.762. The highest BCUT2D eigenvalue weighted by atomic mass is 16.6. The van der Waals surface area contributed by atoms with E-state index in [1.165, 1.54) is 9.80 Å². The van der Waals surface area contributed by atoms with Crippen molar-refractivity contribution in [2.45, 2.75) is 58.6 Å². The van der Waals surface area contributed by atoms with Crippen LogP contribution in [0.1, 0.15) is 46.5 Å². The lowest BCUT2D eigenvalue weighted by molar-refractivity contribution is -0.167. The van der Waals surface area contributed by atoms with Crippen LogP contribution in [0.3, 0.4) is 0 Å². The van der Waals surface area contributed by atoms with Gasteiger partial charge in [-0.15, -0.1) is 0 Å². The summed E-state index contributed by atoms with van der Waals surface area (Å²) in [5, 5.41) is 9.57. The van der Waals surface area contributed by atoms with E-state index in [1.807, 2.05) is 6.92 Å². The molecule has 5 N–H and O–H groups in total. The monoisotopic (exact) mass is 468 g/mol. The molecule has 2 unspecified atom stereocenters. The highest BCUT2D eigenvalue weighted by Gasteiger charge is 2.55. The third-order valence-electron chi connectivity index (χ3n) is 5.91. The van der Waals surface area contributed by atoms with Gasteiger partial charge in [-0.2, -0.15) is 0 Å². The van der Waals surface area contributed by atoms with E-state index < -0.39 is 36.0 Å². The first-order valence-electron chi connectivity index (χ1n) is 11.4. The Hall–Kier alpha value is -3.05. The molecular weight excluding hydrogens is 432 g/mol. The molecule has 2 saturated heterocycles. The van der Waals surface area contributed by atoms with Gasteiger partial charge in [-0.1, -0.05) is 20.8 Å². The number of carbonyl (C=O) groups excluding carboxylic acids is 3. The average molecular weight is 469 g/mol. The van der Waals surface area contributed by atoms with Crippen molar-refractivity contribution in [2.24, 2.45) is 28.3 Å². The largest absolute Gasteiger partial charge is 0.480 e. The van der Waals surface area contributed by atoms with Crippen molar-refractivity contribution in [3.63, 3.8) is 0 Å². The molecule has 0 aromatic heterocycles. The summed E-state index contributed by atoms with van der Waals surface area (Å²) in [5.41, 5.74) is 10.5. The molecule has 0 bridgehead atoms.